The van der Waals surface area contributed by atoms with Gasteiger partial charge in [0.05, 0.1) is 10.5 Å². The van der Waals surface area contributed by atoms with Gasteiger partial charge in [0.1, 0.15) is 0 Å². The van der Waals surface area contributed by atoms with E-state index in [1.807, 2.05) is 18.2 Å². The van der Waals surface area contributed by atoms with Gasteiger partial charge in [-0.3, -0.25) is 0 Å². The summed E-state index contributed by atoms with van der Waals surface area (Å²) in [4.78, 5) is 1.19. The van der Waals surface area contributed by atoms with Gasteiger partial charge in [0, 0.05) is 12.1 Å². The molecule has 0 fully saturated rings. The summed E-state index contributed by atoms with van der Waals surface area (Å²) in [6.45, 7) is 0.564. The van der Waals surface area contributed by atoms with Crippen LogP contribution < -0.4 is 4.74 Å². The predicted molar refractivity (Wildman–Crippen MR) is 75.2 cm³/mol. The molecule has 2 aromatic rings. The van der Waals surface area contributed by atoms with Gasteiger partial charge in [-0.1, -0.05) is 24.3 Å². The first-order valence-corrected chi connectivity index (χ1v) is 7.07. The molecule has 0 aliphatic carbocycles. The third-order valence-corrected chi connectivity index (χ3v) is 3.72. The maximum atomic E-state index is 5.89. The maximum absolute atomic E-state index is 5.89. The summed E-state index contributed by atoms with van der Waals surface area (Å²) >= 11 is 1.72. The lowest BCUT2D eigenvalue weighted by molar-refractivity contribution is -0.476. The van der Waals surface area contributed by atoms with Crippen molar-refractivity contribution in [2.45, 2.75) is 4.90 Å². The van der Waals surface area contributed by atoms with Crippen molar-refractivity contribution in [1.82, 2.24) is 0 Å². The lowest BCUT2D eigenvalue weighted by Gasteiger charge is -2.15. The number of para-hydroxylation sites is 2. The fourth-order valence-electron chi connectivity index (χ4n) is 2.06. The largest absolute Gasteiger partial charge is 0.434 e. The molecule has 0 atom stereocenters. The predicted octanol–water partition coefficient (Wildman–Crippen LogP) is 3.52. The highest BCUT2D eigenvalue weighted by atomic mass is 32.2. The van der Waals surface area contributed by atoms with Crippen LogP contribution in [0, 0.1) is 0 Å². The van der Waals surface area contributed by atoms with Crippen molar-refractivity contribution < 1.29 is 9.31 Å². The first-order chi connectivity index (χ1) is 8.88. The minimum Gasteiger partial charge on any atom is -0.434 e. The Labute approximate surface area is 111 Å². The van der Waals surface area contributed by atoms with E-state index in [-0.39, 0.29) is 0 Å². The third kappa shape index (κ3) is 2.02. The van der Waals surface area contributed by atoms with Crippen LogP contribution in [-0.4, -0.2) is 23.8 Å². The van der Waals surface area contributed by atoms with Gasteiger partial charge in [-0.05, 0) is 18.4 Å². The highest BCUT2D eigenvalue weighted by Gasteiger charge is 2.20. The summed E-state index contributed by atoms with van der Waals surface area (Å²) in [5.41, 5.74) is 2.29. The average molecular weight is 256 g/mol. The summed E-state index contributed by atoms with van der Waals surface area (Å²) in [5, 5.41) is 0. The van der Waals surface area contributed by atoms with Crippen LogP contribution in [0.5, 0.6) is 5.75 Å². The van der Waals surface area contributed by atoms with Crippen molar-refractivity contribution in [2.24, 2.45) is 0 Å². The fraction of sp³-hybridized carbons (Fsp3) is 0.133. The van der Waals surface area contributed by atoms with Crippen LogP contribution in [0.4, 0.5) is 5.69 Å². The van der Waals surface area contributed by atoms with E-state index in [0.29, 0.717) is 6.73 Å². The Morgan fingerprint density at radius 2 is 1.89 bits per heavy atom. The number of thioether (sulfide) groups is 1. The molecule has 2 nitrogen and oxygen atoms in total. The molecule has 0 spiro atoms. The highest BCUT2D eigenvalue weighted by molar-refractivity contribution is 7.98. The molecule has 1 aliphatic heterocycles. The summed E-state index contributed by atoms with van der Waals surface area (Å²) in [7, 11) is 0. The molecular formula is C15H14NOS+. The van der Waals surface area contributed by atoms with E-state index in [1.165, 1.54) is 4.90 Å². The van der Waals surface area contributed by atoms with Crippen LogP contribution in [0.3, 0.4) is 0 Å². The fourth-order valence-corrected chi connectivity index (χ4v) is 2.63. The molecule has 3 heteroatoms. The van der Waals surface area contributed by atoms with E-state index >= 15 is 0 Å². The Morgan fingerprint density at radius 1 is 1.06 bits per heavy atom. The second-order valence-corrected chi connectivity index (χ2v) is 4.93. The zero-order valence-electron chi connectivity index (χ0n) is 10.2. The molecule has 0 saturated heterocycles. The average Bonchev–Trinajstić information content (AvgIpc) is 2.47. The molecular weight excluding hydrogens is 242 g/mol. The first-order valence-electron chi connectivity index (χ1n) is 5.85. The molecule has 0 radical (unpaired) electrons. The Balaban J connectivity index is 2.04. The summed E-state index contributed by atoms with van der Waals surface area (Å²) in [5.74, 6) is 0.997. The lowest BCUT2D eigenvalue weighted by atomic mass is 10.2. The molecule has 1 heterocycles. The number of hydrogen-bond donors (Lipinski definition) is 0. The summed E-state index contributed by atoms with van der Waals surface area (Å²) in [6, 6.07) is 16.5. The van der Waals surface area contributed by atoms with Crippen molar-refractivity contribution in [3.63, 3.8) is 0 Å². The molecule has 0 unspecified atom stereocenters. The monoisotopic (exact) mass is 256 g/mol. The third-order valence-electron chi connectivity index (χ3n) is 2.96. The van der Waals surface area contributed by atoms with Crippen molar-refractivity contribution in [2.75, 3.05) is 13.0 Å². The van der Waals surface area contributed by atoms with E-state index in [0.717, 1.165) is 17.0 Å². The van der Waals surface area contributed by atoms with Gasteiger partial charge in [0.2, 0.25) is 5.69 Å². The van der Waals surface area contributed by atoms with E-state index in [1.54, 1.807) is 11.8 Å². The van der Waals surface area contributed by atoms with Gasteiger partial charge in [-0.25, -0.2) is 0 Å². The molecule has 0 N–H and O–H groups in total. The Kier molecular flexibility index (Phi) is 3.07. The van der Waals surface area contributed by atoms with Crippen LogP contribution in [-0.2, 0) is 0 Å². The van der Waals surface area contributed by atoms with E-state index in [9.17, 15) is 0 Å². The Morgan fingerprint density at radius 3 is 2.67 bits per heavy atom. The molecule has 0 amide bonds. The lowest BCUT2D eigenvalue weighted by Crippen LogP contribution is -2.20. The molecule has 1 aliphatic rings. The van der Waals surface area contributed by atoms with E-state index < -0.39 is 0 Å². The number of ether oxygens (including phenoxy) is 1. The summed E-state index contributed by atoms with van der Waals surface area (Å²) < 4.78 is 8.00. The van der Waals surface area contributed by atoms with Gasteiger partial charge < -0.3 is 4.74 Å². The number of rotatable bonds is 2. The number of hydrogen-bond acceptors (Lipinski definition) is 2. The van der Waals surface area contributed by atoms with Gasteiger partial charge in [0.25, 0.3) is 6.73 Å². The smallest absolute Gasteiger partial charge is 0.292 e. The molecule has 18 heavy (non-hydrogen) atoms. The molecule has 3 rings (SSSR count). The van der Waals surface area contributed by atoms with Gasteiger partial charge >= 0.3 is 0 Å². The highest BCUT2D eigenvalue weighted by Crippen LogP contribution is 2.32. The van der Waals surface area contributed by atoms with Crippen LogP contribution in [0.15, 0.2) is 53.4 Å². The zero-order valence-corrected chi connectivity index (χ0v) is 11.0. The van der Waals surface area contributed by atoms with Crippen molar-refractivity contribution in [3.8, 4) is 5.75 Å². The molecule has 0 aromatic heterocycles. The number of benzene rings is 2. The molecule has 0 saturated carbocycles. The van der Waals surface area contributed by atoms with Crippen molar-refractivity contribution in [3.05, 3.63) is 54.1 Å². The number of nitrogens with zero attached hydrogens (tertiary/aromatic N) is 1. The topological polar surface area (TPSA) is 12.2 Å². The van der Waals surface area contributed by atoms with Crippen molar-refractivity contribution >= 4 is 23.7 Å². The number of fused-ring (bicyclic) bond motifs is 1. The quantitative estimate of drug-likeness (QED) is 0.602. The molecule has 0 bridgehead atoms. The van der Waals surface area contributed by atoms with E-state index in [2.05, 4.69) is 47.4 Å². The van der Waals surface area contributed by atoms with Crippen molar-refractivity contribution in [1.29, 1.82) is 0 Å². The normalized spacial score (nSPS) is 13.5. The Bertz CT molecular complexity index is 593. The molecule has 2 aromatic carbocycles. The van der Waals surface area contributed by atoms with Crippen LogP contribution in [0.2, 0.25) is 0 Å². The second kappa shape index (κ2) is 4.86. The standard InChI is InChI=1S/C15H14NOS/c1-18-14-9-5-6-12-10-16(11-17-15(12)14)13-7-3-2-4-8-13/h2-10H,11H2,1H3/q+1. The Hall–Kier alpha value is -1.74. The van der Waals surface area contributed by atoms with Gasteiger partial charge in [-0.15, -0.1) is 11.8 Å². The SMILES string of the molecule is CSc1cccc2c1OC[N+](c1ccccc1)=C2. The van der Waals surface area contributed by atoms with Crippen LogP contribution in [0.25, 0.3) is 0 Å². The maximum Gasteiger partial charge on any atom is 0.292 e. The van der Waals surface area contributed by atoms with Crippen LogP contribution >= 0.6 is 11.8 Å². The zero-order chi connectivity index (χ0) is 12.4. The summed E-state index contributed by atoms with van der Waals surface area (Å²) in [6.07, 6.45) is 4.22. The minimum absolute atomic E-state index is 0.564. The van der Waals surface area contributed by atoms with Gasteiger partial charge in [0.15, 0.2) is 12.0 Å². The molecule has 90 valence electrons. The first kappa shape index (κ1) is 11.4. The minimum atomic E-state index is 0.564. The van der Waals surface area contributed by atoms with Crippen LogP contribution in [0.1, 0.15) is 5.56 Å². The van der Waals surface area contributed by atoms with Gasteiger partial charge in [-0.2, -0.15) is 4.58 Å². The van der Waals surface area contributed by atoms with E-state index in [4.69, 9.17) is 4.74 Å². The second-order valence-electron chi connectivity index (χ2n) is 4.09.